The minimum atomic E-state index is 0.110. The molecular weight excluding hydrogens is 234 g/mol. The average Bonchev–Trinajstić information content (AvgIpc) is 2.46. The van der Waals surface area contributed by atoms with Gasteiger partial charge >= 0.3 is 0 Å². The molecule has 0 spiro atoms. The molecule has 0 aliphatic heterocycles. The molecule has 0 saturated heterocycles. The van der Waals surface area contributed by atoms with E-state index in [9.17, 15) is 0 Å². The summed E-state index contributed by atoms with van der Waals surface area (Å²) in [4.78, 5) is 2.21. The zero-order valence-corrected chi connectivity index (χ0v) is 11.1. The highest BCUT2D eigenvalue weighted by Gasteiger charge is 2.02. The van der Waals surface area contributed by atoms with Crippen molar-refractivity contribution >= 4 is 11.5 Å². The van der Waals surface area contributed by atoms with E-state index in [1.807, 2.05) is 30.3 Å². The molecule has 0 radical (unpaired) electrons. The summed E-state index contributed by atoms with van der Waals surface area (Å²) in [6, 6.07) is 18.2. The van der Waals surface area contributed by atoms with E-state index in [4.69, 9.17) is 11.1 Å². The quantitative estimate of drug-likeness (QED) is 0.636. The van der Waals surface area contributed by atoms with Crippen molar-refractivity contribution in [3.8, 4) is 0 Å². The van der Waals surface area contributed by atoms with Crippen molar-refractivity contribution < 1.29 is 0 Å². The van der Waals surface area contributed by atoms with E-state index in [1.54, 1.807) is 0 Å². The normalized spacial score (nSPS) is 10.2. The van der Waals surface area contributed by atoms with Crippen molar-refractivity contribution in [3.63, 3.8) is 0 Å². The number of hydrogen-bond acceptors (Lipinski definition) is 2. The van der Waals surface area contributed by atoms with Crippen LogP contribution in [0.1, 0.15) is 11.1 Å². The molecule has 0 unspecified atom stereocenters. The van der Waals surface area contributed by atoms with Crippen LogP contribution in [0.4, 0.5) is 5.69 Å². The Hall–Kier alpha value is -2.29. The van der Waals surface area contributed by atoms with Crippen molar-refractivity contribution in [2.45, 2.75) is 6.42 Å². The zero-order valence-electron chi connectivity index (χ0n) is 11.1. The Kier molecular flexibility index (Phi) is 4.18. The van der Waals surface area contributed by atoms with E-state index in [0.29, 0.717) is 0 Å². The van der Waals surface area contributed by atoms with Gasteiger partial charge < -0.3 is 10.6 Å². The van der Waals surface area contributed by atoms with Gasteiger partial charge in [-0.3, -0.25) is 5.41 Å². The molecule has 98 valence electrons. The van der Waals surface area contributed by atoms with Crippen molar-refractivity contribution in [2.24, 2.45) is 5.73 Å². The van der Waals surface area contributed by atoms with Crippen LogP contribution in [0.3, 0.4) is 0 Å². The Bertz CT molecular complexity index is 532. The van der Waals surface area contributed by atoms with Gasteiger partial charge in [-0.25, -0.2) is 0 Å². The molecule has 19 heavy (non-hydrogen) atoms. The highest BCUT2D eigenvalue weighted by Crippen LogP contribution is 2.14. The van der Waals surface area contributed by atoms with Gasteiger partial charge in [-0.15, -0.1) is 0 Å². The second-order valence-electron chi connectivity index (χ2n) is 4.62. The Morgan fingerprint density at radius 1 is 1.05 bits per heavy atom. The molecular formula is C16H19N3. The topological polar surface area (TPSA) is 53.1 Å². The highest BCUT2D eigenvalue weighted by molar-refractivity contribution is 5.95. The molecule has 3 heteroatoms. The van der Waals surface area contributed by atoms with Crippen LogP contribution in [0.15, 0.2) is 54.6 Å². The molecule has 0 amide bonds. The summed E-state index contributed by atoms with van der Waals surface area (Å²) >= 11 is 0. The molecule has 0 aromatic heterocycles. The second-order valence-corrected chi connectivity index (χ2v) is 4.62. The Labute approximate surface area is 114 Å². The highest BCUT2D eigenvalue weighted by atomic mass is 15.1. The third-order valence-electron chi connectivity index (χ3n) is 3.20. The number of likely N-dealkylation sites (N-methyl/N-ethyl adjacent to an activating group) is 1. The van der Waals surface area contributed by atoms with E-state index in [1.165, 1.54) is 5.56 Å². The van der Waals surface area contributed by atoms with Crippen LogP contribution in [0.25, 0.3) is 0 Å². The number of nitrogens with one attached hydrogen (secondary N) is 1. The van der Waals surface area contributed by atoms with Gasteiger partial charge in [-0.1, -0.05) is 30.3 Å². The minimum absolute atomic E-state index is 0.110. The molecule has 0 saturated carbocycles. The van der Waals surface area contributed by atoms with Gasteiger partial charge in [0.1, 0.15) is 5.84 Å². The number of nitrogen functional groups attached to an aromatic ring is 1. The average molecular weight is 253 g/mol. The van der Waals surface area contributed by atoms with E-state index in [0.717, 1.165) is 24.2 Å². The van der Waals surface area contributed by atoms with Crippen LogP contribution < -0.4 is 10.6 Å². The largest absolute Gasteiger partial charge is 0.384 e. The SMILES string of the molecule is CN(CCc1ccccc1)c1ccc(C(=N)N)cc1. The van der Waals surface area contributed by atoms with E-state index < -0.39 is 0 Å². The molecule has 2 aromatic rings. The standard InChI is InChI=1S/C16H19N3/c1-19(12-11-13-5-3-2-4-6-13)15-9-7-14(8-10-15)16(17)18/h2-10H,11-12H2,1H3,(H3,17,18). The summed E-state index contributed by atoms with van der Waals surface area (Å²) in [5.41, 5.74) is 8.69. The molecule has 0 aliphatic carbocycles. The van der Waals surface area contributed by atoms with Gasteiger partial charge in [0, 0.05) is 24.8 Å². The summed E-state index contributed by atoms with van der Waals surface area (Å²) in [5.74, 6) is 0.110. The minimum Gasteiger partial charge on any atom is -0.384 e. The van der Waals surface area contributed by atoms with Gasteiger partial charge in [0.25, 0.3) is 0 Å². The van der Waals surface area contributed by atoms with Crippen LogP contribution in [0, 0.1) is 5.41 Å². The molecule has 0 aliphatic rings. The number of nitrogens with two attached hydrogens (primary N) is 1. The number of hydrogen-bond donors (Lipinski definition) is 2. The zero-order chi connectivity index (χ0) is 13.7. The first-order chi connectivity index (χ1) is 9.16. The van der Waals surface area contributed by atoms with E-state index in [-0.39, 0.29) is 5.84 Å². The van der Waals surface area contributed by atoms with Crippen LogP contribution in [0.2, 0.25) is 0 Å². The smallest absolute Gasteiger partial charge is 0.122 e. The van der Waals surface area contributed by atoms with Crippen molar-refractivity contribution in [1.29, 1.82) is 5.41 Å². The van der Waals surface area contributed by atoms with Gasteiger partial charge in [-0.05, 0) is 36.2 Å². The molecule has 0 bridgehead atoms. The van der Waals surface area contributed by atoms with E-state index >= 15 is 0 Å². The predicted molar refractivity (Wildman–Crippen MR) is 80.9 cm³/mol. The van der Waals surface area contributed by atoms with Gasteiger partial charge in [0.15, 0.2) is 0 Å². The number of anilines is 1. The summed E-state index contributed by atoms with van der Waals surface area (Å²) in [7, 11) is 2.08. The molecule has 3 nitrogen and oxygen atoms in total. The molecule has 3 N–H and O–H groups in total. The Morgan fingerprint density at radius 3 is 2.26 bits per heavy atom. The Balaban J connectivity index is 1.96. The lowest BCUT2D eigenvalue weighted by molar-refractivity contribution is 0.877. The summed E-state index contributed by atoms with van der Waals surface area (Å²) < 4.78 is 0. The first kappa shape index (κ1) is 13.1. The molecule has 0 fully saturated rings. The fourth-order valence-corrected chi connectivity index (χ4v) is 1.97. The van der Waals surface area contributed by atoms with E-state index in [2.05, 4.69) is 36.2 Å². The number of nitrogens with zero attached hydrogens (tertiary/aromatic N) is 1. The van der Waals surface area contributed by atoms with Crippen molar-refractivity contribution in [1.82, 2.24) is 0 Å². The summed E-state index contributed by atoms with van der Waals surface area (Å²) in [6.07, 6.45) is 1.02. The Morgan fingerprint density at radius 2 is 1.68 bits per heavy atom. The van der Waals surface area contributed by atoms with Crippen molar-refractivity contribution in [3.05, 3.63) is 65.7 Å². The fraction of sp³-hybridized carbons (Fsp3) is 0.188. The molecule has 2 rings (SSSR count). The number of benzene rings is 2. The number of rotatable bonds is 5. The second kappa shape index (κ2) is 6.05. The third-order valence-corrected chi connectivity index (χ3v) is 3.20. The monoisotopic (exact) mass is 253 g/mol. The number of amidine groups is 1. The van der Waals surface area contributed by atoms with Gasteiger partial charge in [0.05, 0.1) is 0 Å². The fourth-order valence-electron chi connectivity index (χ4n) is 1.97. The van der Waals surface area contributed by atoms with Crippen LogP contribution in [0.5, 0.6) is 0 Å². The van der Waals surface area contributed by atoms with Crippen molar-refractivity contribution in [2.75, 3.05) is 18.5 Å². The predicted octanol–water partition coefficient (Wildman–Crippen LogP) is 2.65. The third kappa shape index (κ3) is 3.58. The van der Waals surface area contributed by atoms with Crippen LogP contribution in [-0.2, 0) is 6.42 Å². The molecule has 0 heterocycles. The lowest BCUT2D eigenvalue weighted by Crippen LogP contribution is -2.20. The van der Waals surface area contributed by atoms with Gasteiger partial charge in [0.2, 0.25) is 0 Å². The maximum absolute atomic E-state index is 7.37. The lowest BCUT2D eigenvalue weighted by Gasteiger charge is -2.19. The summed E-state index contributed by atoms with van der Waals surface area (Å²) in [5, 5.41) is 7.37. The summed E-state index contributed by atoms with van der Waals surface area (Å²) in [6.45, 7) is 0.962. The van der Waals surface area contributed by atoms with Crippen LogP contribution in [-0.4, -0.2) is 19.4 Å². The molecule has 0 atom stereocenters. The first-order valence-electron chi connectivity index (χ1n) is 6.36. The maximum Gasteiger partial charge on any atom is 0.122 e. The molecule has 2 aromatic carbocycles. The maximum atomic E-state index is 7.37. The lowest BCUT2D eigenvalue weighted by atomic mass is 10.1. The van der Waals surface area contributed by atoms with Crippen LogP contribution >= 0.6 is 0 Å². The first-order valence-corrected chi connectivity index (χ1v) is 6.36. The van der Waals surface area contributed by atoms with Gasteiger partial charge in [-0.2, -0.15) is 0 Å².